The van der Waals surface area contributed by atoms with Gasteiger partial charge in [-0.2, -0.15) is 13.2 Å². The molecule has 0 bridgehead atoms. The summed E-state index contributed by atoms with van der Waals surface area (Å²) in [6, 6.07) is 3.37. The topological polar surface area (TPSA) is 17.1 Å². The third-order valence-electron chi connectivity index (χ3n) is 1.68. The summed E-state index contributed by atoms with van der Waals surface area (Å²) in [4.78, 5) is 10.0. The molecule has 1 nitrogen and oxygen atoms in total. The van der Waals surface area contributed by atoms with Crippen molar-refractivity contribution in [3.63, 3.8) is 0 Å². The third-order valence-corrected chi connectivity index (χ3v) is 1.91. The Labute approximate surface area is 89.2 Å². The Morgan fingerprint density at radius 3 is 2.47 bits per heavy atom. The SMILES string of the molecule is O=C/C=C/c1ccc(Cl)cc1C(F)(F)F. The van der Waals surface area contributed by atoms with Crippen molar-refractivity contribution in [1.29, 1.82) is 0 Å². The number of aldehydes is 1. The molecule has 5 heteroatoms. The van der Waals surface area contributed by atoms with E-state index in [4.69, 9.17) is 11.6 Å². The van der Waals surface area contributed by atoms with E-state index in [0.717, 1.165) is 18.2 Å². The van der Waals surface area contributed by atoms with Crippen molar-refractivity contribution in [2.45, 2.75) is 6.18 Å². The highest BCUT2D eigenvalue weighted by Gasteiger charge is 2.32. The van der Waals surface area contributed by atoms with Gasteiger partial charge < -0.3 is 0 Å². The minimum absolute atomic E-state index is 0.00516. The zero-order chi connectivity index (χ0) is 11.5. The highest BCUT2D eigenvalue weighted by Crippen LogP contribution is 2.34. The van der Waals surface area contributed by atoms with Gasteiger partial charge in [0.25, 0.3) is 0 Å². The summed E-state index contributed by atoms with van der Waals surface area (Å²) in [6.07, 6.45) is -1.98. The lowest BCUT2D eigenvalue weighted by atomic mass is 10.1. The number of alkyl halides is 3. The Hall–Kier alpha value is -1.29. The molecule has 15 heavy (non-hydrogen) atoms. The number of hydrogen-bond acceptors (Lipinski definition) is 1. The number of rotatable bonds is 2. The predicted octanol–water partition coefficient (Wildman–Crippen LogP) is 3.57. The van der Waals surface area contributed by atoms with E-state index in [1.54, 1.807) is 0 Å². The summed E-state index contributed by atoms with van der Waals surface area (Å²) in [6.45, 7) is 0. The average molecular weight is 235 g/mol. The summed E-state index contributed by atoms with van der Waals surface area (Å²) in [5, 5.41) is 0.00516. The van der Waals surface area contributed by atoms with E-state index in [0.29, 0.717) is 6.29 Å². The Balaban J connectivity index is 3.26. The molecule has 80 valence electrons. The van der Waals surface area contributed by atoms with Gasteiger partial charge in [-0.1, -0.05) is 23.7 Å². The van der Waals surface area contributed by atoms with Crippen LogP contribution in [0.3, 0.4) is 0 Å². The molecule has 0 spiro atoms. The monoisotopic (exact) mass is 234 g/mol. The van der Waals surface area contributed by atoms with Crippen LogP contribution >= 0.6 is 11.6 Å². The maximum Gasteiger partial charge on any atom is 0.417 e. The van der Waals surface area contributed by atoms with Crippen LogP contribution in [0.4, 0.5) is 13.2 Å². The first-order valence-electron chi connectivity index (χ1n) is 3.94. The van der Waals surface area contributed by atoms with Gasteiger partial charge in [-0.05, 0) is 23.8 Å². The number of allylic oxidation sites excluding steroid dienone is 1. The third kappa shape index (κ3) is 3.09. The molecule has 1 rings (SSSR count). The number of hydrogen-bond donors (Lipinski definition) is 0. The minimum Gasteiger partial charge on any atom is -0.299 e. The average Bonchev–Trinajstić information content (AvgIpc) is 2.14. The molecular formula is C10H6ClF3O. The molecule has 0 saturated heterocycles. The van der Waals surface area contributed by atoms with Crippen LogP contribution in [0.5, 0.6) is 0 Å². The van der Waals surface area contributed by atoms with E-state index in [-0.39, 0.29) is 10.6 Å². The predicted molar refractivity (Wildman–Crippen MR) is 51.6 cm³/mol. The molecule has 0 radical (unpaired) electrons. The summed E-state index contributed by atoms with van der Waals surface area (Å²) in [7, 11) is 0. The number of benzene rings is 1. The van der Waals surface area contributed by atoms with Crippen LogP contribution in [0.2, 0.25) is 5.02 Å². The van der Waals surface area contributed by atoms with Crippen LogP contribution < -0.4 is 0 Å². The Bertz CT molecular complexity index is 396. The molecule has 1 aromatic carbocycles. The molecule has 0 aliphatic heterocycles. The molecule has 0 atom stereocenters. The lowest BCUT2D eigenvalue weighted by Gasteiger charge is -2.10. The second-order valence-electron chi connectivity index (χ2n) is 2.72. The molecular weight excluding hydrogens is 229 g/mol. The molecule has 0 aromatic heterocycles. The van der Waals surface area contributed by atoms with Crippen LogP contribution in [0.15, 0.2) is 24.3 Å². The second kappa shape index (κ2) is 4.49. The summed E-state index contributed by atoms with van der Waals surface area (Å²) in [5.41, 5.74) is -0.938. The standard InChI is InChI=1S/C10H6ClF3O/c11-8-4-3-7(2-1-5-15)9(6-8)10(12,13)14/h1-6H/b2-1+. The first kappa shape index (κ1) is 11.8. The van der Waals surface area contributed by atoms with Gasteiger partial charge in [0.2, 0.25) is 0 Å². The van der Waals surface area contributed by atoms with Gasteiger partial charge in [0.15, 0.2) is 0 Å². The first-order valence-corrected chi connectivity index (χ1v) is 4.31. The number of carbonyl (C=O) groups is 1. The summed E-state index contributed by atoms with van der Waals surface area (Å²) < 4.78 is 37.4. The zero-order valence-electron chi connectivity index (χ0n) is 7.38. The lowest BCUT2D eigenvalue weighted by molar-refractivity contribution is -0.137. The molecule has 0 aliphatic rings. The van der Waals surface area contributed by atoms with Crippen LogP contribution in [0.1, 0.15) is 11.1 Å². The largest absolute Gasteiger partial charge is 0.417 e. The number of carbonyl (C=O) groups excluding carboxylic acids is 1. The van der Waals surface area contributed by atoms with Crippen LogP contribution in [-0.2, 0) is 11.0 Å². The van der Waals surface area contributed by atoms with E-state index >= 15 is 0 Å². The molecule has 0 fully saturated rings. The van der Waals surface area contributed by atoms with Crippen molar-refractivity contribution in [2.75, 3.05) is 0 Å². The van der Waals surface area contributed by atoms with E-state index in [1.807, 2.05) is 0 Å². The van der Waals surface area contributed by atoms with E-state index in [9.17, 15) is 18.0 Å². The van der Waals surface area contributed by atoms with Gasteiger partial charge in [-0.25, -0.2) is 0 Å². The number of halogens is 4. The van der Waals surface area contributed by atoms with E-state index in [2.05, 4.69) is 0 Å². The van der Waals surface area contributed by atoms with Gasteiger partial charge >= 0.3 is 6.18 Å². The molecule has 0 aliphatic carbocycles. The van der Waals surface area contributed by atoms with E-state index < -0.39 is 11.7 Å². The molecule has 0 saturated carbocycles. The van der Waals surface area contributed by atoms with Crippen molar-refractivity contribution in [3.8, 4) is 0 Å². The quantitative estimate of drug-likeness (QED) is 0.565. The van der Waals surface area contributed by atoms with Crippen molar-refractivity contribution in [3.05, 3.63) is 40.4 Å². The van der Waals surface area contributed by atoms with Crippen molar-refractivity contribution in [1.82, 2.24) is 0 Å². The highest BCUT2D eigenvalue weighted by molar-refractivity contribution is 6.30. The molecule has 1 aromatic rings. The maximum atomic E-state index is 12.5. The van der Waals surface area contributed by atoms with E-state index in [1.165, 1.54) is 12.1 Å². The van der Waals surface area contributed by atoms with Crippen LogP contribution in [0.25, 0.3) is 6.08 Å². The maximum absolute atomic E-state index is 12.5. The highest BCUT2D eigenvalue weighted by atomic mass is 35.5. The molecule has 0 heterocycles. The fourth-order valence-electron chi connectivity index (χ4n) is 1.06. The smallest absolute Gasteiger partial charge is 0.299 e. The van der Waals surface area contributed by atoms with Gasteiger partial charge in [-0.3, -0.25) is 4.79 Å². The summed E-state index contributed by atoms with van der Waals surface area (Å²) >= 11 is 5.46. The second-order valence-corrected chi connectivity index (χ2v) is 3.16. The van der Waals surface area contributed by atoms with Gasteiger partial charge in [0.05, 0.1) is 5.56 Å². The molecule has 0 N–H and O–H groups in total. The first-order chi connectivity index (χ1) is 6.95. The fourth-order valence-corrected chi connectivity index (χ4v) is 1.23. The van der Waals surface area contributed by atoms with Crippen molar-refractivity contribution < 1.29 is 18.0 Å². The summed E-state index contributed by atoms with van der Waals surface area (Å²) in [5.74, 6) is 0. The normalized spacial score (nSPS) is 12.0. The fraction of sp³-hybridized carbons (Fsp3) is 0.100. The molecule has 0 amide bonds. The Morgan fingerprint density at radius 2 is 1.93 bits per heavy atom. The minimum atomic E-state index is -4.48. The zero-order valence-corrected chi connectivity index (χ0v) is 8.14. The molecule has 0 unspecified atom stereocenters. The van der Waals surface area contributed by atoms with Crippen LogP contribution in [0, 0.1) is 0 Å². The Morgan fingerprint density at radius 1 is 1.27 bits per heavy atom. The van der Waals surface area contributed by atoms with Crippen LogP contribution in [-0.4, -0.2) is 6.29 Å². The van der Waals surface area contributed by atoms with Gasteiger partial charge in [0, 0.05) is 5.02 Å². The van der Waals surface area contributed by atoms with Crippen molar-refractivity contribution >= 4 is 24.0 Å². The van der Waals surface area contributed by atoms with Crippen molar-refractivity contribution in [2.24, 2.45) is 0 Å². The lowest BCUT2D eigenvalue weighted by Crippen LogP contribution is -2.07. The van der Waals surface area contributed by atoms with Gasteiger partial charge in [0.1, 0.15) is 6.29 Å². The van der Waals surface area contributed by atoms with Gasteiger partial charge in [-0.15, -0.1) is 0 Å². The Kier molecular flexibility index (Phi) is 3.52.